The molecule has 2 heterocycles. The Morgan fingerprint density at radius 2 is 1.92 bits per heavy atom. The zero-order valence-corrected chi connectivity index (χ0v) is 14.8. The van der Waals surface area contributed by atoms with Crippen LogP contribution in [0, 0.1) is 13.8 Å². The Bertz CT molecular complexity index is 889. The van der Waals surface area contributed by atoms with E-state index in [4.69, 9.17) is 9.47 Å². The quantitative estimate of drug-likeness (QED) is 0.891. The van der Waals surface area contributed by atoms with Crippen LogP contribution in [0.25, 0.3) is 0 Å². The molecule has 0 saturated heterocycles. The molecule has 1 N–H and O–H groups in total. The first-order valence-corrected chi connectivity index (χ1v) is 9.57. The lowest BCUT2D eigenvalue weighted by atomic mass is 10.3. The van der Waals surface area contributed by atoms with Crippen LogP contribution in [0.4, 0.5) is 0 Å². The third-order valence-electron chi connectivity index (χ3n) is 3.37. The van der Waals surface area contributed by atoms with Gasteiger partial charge in [0.25, 0.3) is 15.9 Å². The number of ether oxygens (including phenoxy) is 2. The molecule has 0 atom stereocenters. The summed E-state index contributed by atoms with van der Waals surface area (Å²) >= 11 is 1.15. The van der Waals surface area contributed by atoms with Gasteiger partial charge < -0.3 is 9.47 Å². The highest BCUT2D eigenvalue weighted by atomic mass is 32.2. The maximum absolute atomic E-state index is 12.5. The van der Waals surface area contributed by atoms with Crippen LogP contribution in [0.1, 0.15) is 26.8 Å². The maximum Gasteiger partial charge on any atom is 0.276 e. The number of nitrogens with one attached hydrogen (secondary N) is 1. The molecule has 1 aliphatic rings. The molecule has 0 fully saturated rings. The average Bonchev–Trinajstić information content (AvgIpc) is 2.73. The lowest BCUT2D eigenvalue weighted by Crippen LogP contribution is -2.30. The number of nitrogens with zero attached hydrogens (tertiary/aromatic N) is 1. The predicted molar refractivity (Wildman–Crippen MR) is 88.3 cm³/mol. The van der Waals surface area contributed by atoms with Gasteiger partial charge in [0.1, 0.15) is 4.88 Å². The monoisotopic (exact) mass is 368 g/mol. The van der Waals surface area contributed by atoms with Gasteiger partial charge in [0.05, 0.1) is 28.8 Å². The number of fused-ring (bicyclic) bond motifs is 1. The van der Waals surface area contributed by atoms with Gasteiger partial charge in [-0.05, 0) is 26.0 Å². The number of benzene rings is 1. The van der Waals surface area contributed by atoms with Crippen molar-refractivity contribution in [3.63, 3.8) is 0 Å². The topological polar surface area (TPSA) is 94.6 Å². The molecule has 0 aliphatic carbocycles. The second-order valence-corrected chi connectivity index (χ2v) is 8.13. The Morgan fingerprint density at radius 1 is 1.21 bits per heavy atom. The van der Waals surface area contributed by atoms with Crippen LogP contribution in [-0.4, -0.2) is 32.5 Å². The van der Waals surface area contributed by atoms with Crippen molar-refractivity contribution in [2.24, 2.45) is 0 Å². The smallest absolute Gasteiger partial charge is 0.276 e. The lowest BCUT2D eigenvalue weighted by Gasteiger charge is -2.10. The fourth-order valence-corrected chi connectivity index (χ4v) is 4.13. The molecule has 0 saturated carbocycles. The number of amides is 1. The van der Waals surface area contributed by atoms with Crippen molar-refractivity contribution in [1.29, 1.82) is 0 Å². The van der Waals surface area contributed by atoms with E-state index < -0.39 is 15.9 Å². The van der Waals surface area contributed by atoms with Crippen molar-refractivity contribution < 1.29 is 22.7 Å². The van der Waals surface area contributed by atoms with Gasteiger partial charge in [0.2, 0.25) is 0 Å². The zero-order valence-electron chi connectivity index (χ0n) is 13.2. The number of sulfonamides is 1. The van der Waals surface area contributed by atoms with Crippen LogP contribution < -0.4 is 14.2 Å². The number of rotatable bonds is 3. The average molecular weight is 368 g/mol. The summed E-state index contributed by atoms with van der Waals surface area (Å²) in [6.45, 7) is 4.38. The van der Waals surface area contributed by atoms with Crippen LogP contribution in [0.5, 0.6) is 11.5 Å². The van der Waals surface area contributed by atoms with E-state index in [0.717, 1.165) is 17.8 Å². The van der Waals surface area contributed by atoms with Gasteiger partial charge in [0.15, 0.2) is 11.5 Å². The Morgan fingerprint density at radius 3 is 2.58 bits per heavy atom. The van der Waals surface area contributed by atoms with Crippen molar-refractivity contribution in [3.05, 3.63) is 33.8 Å². The molecule has 1 aromatic heterocycles. The Kier molecular flexibility index (Phi) is 4.46. The van der Waals surface area contributed by atoms with Crippen molar-refractivity contribution >= 4 is 27.3 Å². The van der Waals surface area contributed by atoms with E-state index in [1.54, 1.807) is 13.8 Å². The molecule has 0 spiro atoms. The van der Waals surface area contributed by atoms with E-state index in [9.17, 15) is 13.2 Å². The van der Waals surface area contributed by atoms with Gasteiger partial charge in [-0.2, -0.15) is 0 Å². The van der Waals surface area contributed by atoms with Crippen LogP contribution in [0.3, 0.4) is 0 Å². The van der Waals surface area contributed by atoms with E-state index in [1.165, 1.54) is 18.2 Å². The van der Waals surface area contributed by atoms with Gasteiger partial charge in [-0.15, -0.1) is 11.3 Å². The number of carbonyl (C=O) groups is 1. The number of thiazole rings is 1. The van der Waals surface area contributed by atoms with Crippen molar-refractivity contribution in [2.45, 2.75) is 25.2 Å². The highest BCUT2D eigenvalue weighted by molar-refractivity contribution is 7.90. The van der Waals surface area contributed by atoms with E-state index in [1.807, 2.05) is 0 Å². The van der Waals surface area contributed by atoms with E-state index >= 15 is 0 Å². The van der Waals surface area contributed by atoms with Gasteiger partial charge in [0, 0.05) is 12.5 Å². The second kappa shape index (κ2) is 6.40. The lowest BCUT2D eigenvalue weighted by molar-refractivity contribution is 0.0984. The minimum atomic E-state index is -4.02. The third kappa shape index (κ3) is 3.36. The minimum Gasteiger partial charge on any atom is -0.490 e. The third-order valence-corrected chi connectivity index (χ3v) is 5.77. The molecule has 1 amide bonds. The fraction of sp³-hybridized carbons (Fsp3) is 0.333. The summed E-state index contributed by atoms with van der Waals surface area (Å²) in [5.74, 6) is 0.157. The van der Waals surface area contributed by atoms with Crippen LogP contribution in [0.15, 0.2) is 23.1 Å². The van der Waals surface area contributed by atoms with E-state index in [2.05, 4.69) is 9.71 Å². The molecule has 7 nitrogen and oxygen atoms in total. The number of hydrogen-bond acceptors (Lipinski definition) is 7. The summed E-state index contributed by atoms with van der Waals surface area (Å²) in [6, 6.07) is 4.27. The highest BCUT2D eigenvalue weighted by Gasteiger charge is 2.23. The SMILES string of the molecule is Cc1nc(C)c(C(=O)NS(=O)(=O)c2ccc3c(c2)OCCCO3)s1. The molecular formula is C15H16N2O5S2. The summed E-state index contributed by atoms with van der Waals surface area (Å²) in [7, 11) is -4.02. The molecule has 9 heteroatoms. The van der Waals surface area contributed by atoms with Crippen LogP contribution >= 0.6 is 11.3 Å². The van der Waals surface area contributed by atoms with Gasteiger partial charge in [-0.1, -0.05) is 0 Å². The largest absolute Gasteiger partial charge is 0.490 e. The molecule has 1 aliphatic heterocycles. The molecule has 128 valence electrons. The van der Waals surface area contributed by atoms with E-state index in [0.29, 0.717) is 35.4 Å². The summed E-state index contributed by atoms with van der Waals surface area (Å²) in [5, 5.41) is 0.700. The second-order valence-electron chi connectivity index (χ2n) is 5.24. The van der Waals surface area contributed by atoms with Gasteiger partial charge >= 0.3 is 0 Å². The Labute approximate surface area is 143 Å². The first-order chi connectivity index (χ1) is 11.4. The highest BCUT2D eigenvalue weighted by Crippen LogP contribution is 2.32. The number of aromatic nitrogens is 1. The Hall–Kier alpha value is -2.13. The summed E-state index contributed by atoms with van der Waals surface area (Å²) in [5.41, 5.74) is 0.504. The number of hydrogen-bond donors (Lipinski definition) is 1. The fourth-order valence-electron chi connectivity index (χ4n) is 2.28. The number of carbonyl (C=O) groups excluding carboxylic acids is 1. The molecule has 0 radical (unpaired) electrons. The molecule has 2 aromatic rings. The molecule has 0 bridgehead atoms. The molecule has 3 rings (SSSR count). The van der Waals surface area contributed by atoms with Crippen LogP contribution in [-0.2, 0) is 10.0 Å². The minimum absolute atomic E-state index is 0.0565. The maximum atomic E-state index is 12.5. The summed E-state index contributed by atoms with van der Waals surface area (Å²) in [6.07, 6.45) is 0.720. The van der Waals surface area contributed by atoms with Crippen LogP contribution in [0.2, 0.25) is 0 Å². The first kappa shape index (κ1) is 16.7. The first-order valence-electron chi connectivity index (χ1n) is 7.27. The summed E-state index contributed by atoms with van der Waals surface area (Å²) in [4.78, 5) is 16.6. The normalized spacial score (nSPS) is 14.1. The predicted octanol–water partition coefficient (Wildman–Crippen LogP) is 2.04. The molecule has 0 unspecified atom stereocenters. The van der Waals surface area contributed by atoms with E-state index in [-0.39, 0.29) is 9.77 Å². The molecule has 24 heavy (non-hydrogen) atoms. The summed E-state index contributed by atoms with van der Waals surface area (Å²) < 4.78 is 38.0. The van der Waals surface area contributed by atoms with Crippen molar-refractivity contribution in [3.8, 4) is 11.5 Å². The zero-order chi connectivity index (χ0) is 17.3. The van der Waals surface area contributed by atoms with Crippen molar-refractivity contribution in [2.75, 3.05) is 13.2 Å². The molecule has 1 aromatic carbocycles. The van der Waals surface area contributed by atoms with Gasteiger partial charge in [-0.3, -0.25) is 4.79 Å². The number of aryl methyl sites for hydroxylation is 2. The van der Waals surface area contributed by atoms with Crippen molar-refractivity contribution in [1.82, 2.24) is 9.71 Å². The van der Waals surface area contributed by atoms with Gasteiger partial charge in [-0.25, -0.2) is 18.1 Å². The Balaban J connectivity index is 1.86. The molecular weight excluding hydrogens is 352 g/mol. The standard InChI is InChI=1S/C15H16N2O5S2/c1-9-14(23-10(2)16-9)15(18)17-24(19,20)11-4-5-12-13(8-11)22-7-3-6-21-12/h4-5,8H,3,6-7H2,1-2H3,(H,17,18).